The molecule has 2 aromatic carbocycles. The van der Waals surface area contributed by atoms with Crippen LogP contribution in [0.2, 0.25) is 0 Å². The Hall–Kier alpha value is -2.88. The zero-order valence-electron chi connectivity index (χ0n) is 12.0. The number of carboxylic acids is 1. The van der Waals surface area contributed by atoms with Crippen LogP contribution in [-0.2, 0) is 16.0 Å². The van der Waals surface area contributed by atoms with E-state index >= 15 is 0 Å². The standard InChI is InChI=1S/C18H17NO3/c20-17(11-12-18(21)22)19-16(15-9-5-2-6-10-15)13-14-7-3-1-4-8-14/h1-12,16H,13H2,(H,19,20)(H,21,22)/b12-11-/t16-/m1/s1. The highest BCUT2D eigenvalue weighted by Gasteiger charge is 2.14. The zero-order valence-corrected chi connectivity index (χ0v) is 12.0. The van der Waals surface area contributed by atoms with Crippen LogP contribution in [0.3, 0.4) is 0 Å². The summed E-state index contributed by atoms with van der Waals surface area (Å²) in [5, 5.41) is 11.4. The van der Waals surface area contributed by atoms with E-state index in [1.807, 2.05) is 60.7 Å². The number of benzene rings is 2. The molecular formula is C18H17NO3. The van der Waals surface area contributed by atoms with E-state index < -0.39 is 11.9 Å². The van der Waals surface area contributed by atoms with Gasteiger partial charge in [0.15, 0.2) is 0 Å². The predicted molar refractivity (Wildman–Crippen MR) is 84.2 cm³/mol. The summed E-state index contributed by atoms with van der Waals surface area (Å²) in [7, 11) is 0. The van der Waals surface area contributed by atoms with Gasteiger partial charge < -0.3 is 10.4 Å². The second kappa shape index (κ2) is 7.78. The van der Waals surface area contributed by atoms with E-state index in [9.17, 15) is 9.59 Å². The Labute approximate surface area is 129 Å². The number of rotatable bonds is 6. The van der Waals surface area contributed by atoms with Gasteiger partial charge in [0.1, 0.15) is 0 Å². The van der Waals surface area contributed by atoms with E-state index in [0.29, 0.717) is 6.42 Å². The molecular weight excluding hydrogens is 278 g/mol. The third-order valence-corrected chi connectivity index (χ3v) is 3.18. The van der Waals surface area contributed by atoms with Crippen molar-refractivity contribution < 1.29 is 14.7 Å². The van der Waals surface area contributed by atoms with Gasteiger partial charge in [-0.15, -0.1) is 0 Å². The maximum atomic E-state index is 11.9. The first-order valence-electron chi connectivity index (χ1n) is 6.95. The molecule has 2 N–H and O–H groups in total. The van der Waals surface area contributed by atoms with Crippen LogP contribution in [0.5, 0.6) is 0 Å². The van der Waals surface area contributed by atoms with Gasteiger partial charge in [-0.25, -0.2) is 4.79 Å². The van der Waals surface area contributed by atoms with Crippen LogP contribution < -0.4 is 5.32 Å². The summed E-state index contributed by atoms with van der Waals surface area (Å²) in [4.78, 5) is 22.3. The van der Waals surface area contributed by atoms with E-state index in [4.69, 9.17) is 5.11 Å². The van der Waals surface area contributed by atoms with Crippen LogP contribution in [0.1, 0.15) is 17.2 Å². The molecule has 0 aromatic heterocycles. The quantitative estimate of drug-likeness (QED) is 0.805. The van der Waals surface area contributed by atoms with E-state index in [-0.39, 0.29) is 6.04 Å². The molecule has 0 heterocycles. The molecule has 1 atom stereocenters. The summed E-state index contributed by atoms with van der Waals surface area (Å²) in [6.07, 6.45) is 2.50. The van der Waals surface area contributed by atoms with Gasteiger partial charge in [-0.05, 0) is 17.5 Å². The lowest BCUT2D eigenvalue weighted by atomic mass is 9.99. The van der Waals surface area contributed by atoms with Crippen LogP contribution in [0.15, 0.2) is 72.8 Å². The fourth-order valence-corrected chi connectivity index (χ4v) is 2.15. The number of hydrogen-bond acceptors (Lipinski definition) is 2. The SMILES string of the molecule is O=C(O)/C=C\C(=O)N[C@H](Cc1ccccc1)c1ccccc1. The molecule has 0 spiro atoms. The van der Waals surface area contributed by atoms with Crippen molar-refractivity contribution in [3.63, 3.8) is 0 Å². The molecule has 2 rings (SSSR count). The molecule has 0 aliphatic carbocycles. The van der Waals surface area contributed by atoms with Gasteiger partial charge in [-0.3, -0.25) is 4.79 Å². The minimum atomic E-state index is -1.14. The summed E-state index contributed by atoms with van der Waals surface area (Å²) in [5.74, 6) is -1.57. The molecule has 4 nitrogen and oxygen atoms in total. The largest absolute Gasteiger partial charge is 0.478 e. The van der Waals surface area contributed by atoms with E-state index in [1.54, 1.807) is 0 Å². The van der Waals surface area contributed by atoms with Crippen LogP contribution in [0.4, 0.5) is 0 Å². The number of amides is 1. The normalized spacial score (nSPS) is 12.0. The molecule has 2 aromatic rings. The Bertz CT molecular complexity index is 651. The first-order valence-corrected chi connectivity index (χ1v) is 6.95. The van der Waals surface area contributed by atoms with E-state index in [0.717, 1.165) is 23.3 Å². The molecule has 112 valence electrons. The first-order chi connectivity index (χ1) is 10.6. The van der Waals surface area contributed by atoms with Gasteiger partial charge in [-0.1, -0.05) is 60.7 Å². The van der Waals surface area contributed by atoms with E-state index in [1.165, 1.54) is 0 Å². The molecule has 0 aliphatic rings. The summed E-state index contributed by atoms with van der Waals surface area (Å²) < 4.78 is 0. The topological polar surface area (TPSA) is 66.4 Å². The number of hydrogen-bond donors (Lipinski definition) is 2. The smallest absolute Gasteiger partial charge is 0.328 e. The Balaban J connectivity index is 2.15. The fourth-order valence-electron chi connectivity index (χ4n) is 2.15. The third kappa shape index (κ3) is 4.90. The maximum Gasteiger partial charge on any atom is 0.328 e. The average molecular weight is 295 g/mol. The predicted octanol–water partition coefficient (Wildman–Crippen LogP) is 2.73. The first kappa shape index (κ1) is 15.5. The number of carbonyl (C=O) groups is 2. The average Bonchev–Trinajstić information content (AvgIpc) is 2.54. The lowest BCUT2D eigenvalue weighted by Gasteiger charge is -2.18. The van der Waals surface area contributed by atoms with Gasteiger partial charge in [0, 0.05) is 12.2 Å². The highest BCUT2D eigenvalue weighted by atomic mass is 16.4. The second-order valence-corrected chi connectivity index (χ2v) is 4.83. The lowest BCUT2D eigenvalue weighted by molar-refractivity contribution is -0.131. The number of carbonyl (C=O) groups excluding carboxylic acids is 1. The van der Waals surface area contributed by atoms with Crippen molar-refractivity contribution in [3.8, 4) is 0 Å². The van der Waals surface area contributed by atoms with Crippen molar-refractivity contribution in [2.75, 3.05) is 0 Å². The van der Waals surface area contributed by atoms with Crippen molar-refractivity contribution in [3.05, 3.63) is 83.9 Å². The molecule has 0 bridgehead atoms. The minimum absolute atomic E-state index is 0.213. The number of nitrogens with one attached hydrogen (secondary N) is 1. The van der Waals surface area contributed by atoms with Crippen LogP contribution in [0, 0.1) is 0 Å². The Morgan fingerprint density at radius 2 is 1.55 bits per heavy atom. The minimum Gasteiger partial charge on any atom is -0.478 e. The van der Waals surface area contributed by atoms with Crippen molar-refractivity contribution in [2.45, 2.75) is 12.5 Å². The summed E-state index contributed by atoms with van der Waals surface area (Å²) in [5.41, 5.74) is 2.07. The van der Waals surface area contributed by atoms with Crippen molar-refractivity contribution >= 4 is 11.9 Å². The molecule has 1 amide bonds. The molecule has 0 unspecified atom stereocenters. The molecule has 0 fully saturated rings. The van der Waals surface area contributed by atoms with Crippen LogP contribution in [0.25, 0.3) is 0 Å². The molecule has 0 saturated heterocycles. The summed E-state index contributed by atoms with van der Waals surface area (Å²) in [6, 6.07) is 19.2. The summed E-state index contributed by atoms with van der Waals surface area (Å²) in [6.45, 7) is 0. The Morgan fingerprint density at radius 3 is 2.14 bits per heavy atom. The van der Waals surface area contributed by atoms with Crippen LogP contribution in [-0.4, -0.2) is 17.0 Å². The van der Waals surface area contributed by atoms with Crippen molar-refractivity contribution in [1.29, 1.82) is 0 Å². The zero-order chi connectivity index (χ0) is 15.8. The van der Waals surface area contributed by atoms with E-state index in [2.05, 4.69) is 5.32 Å². The van der Waals surface area contributed by atoms with Crippen molar-refractivity contribution in [2.24, 2.45) is 0 Å². The molecule has 0 aliphatic heterocycles. The number of carboxylic acid groups (broad SMARTS) is 1. The molecule has 22 heavy (non-hydrogen) atoms. The fraction of sp³-hybridized carbons (Fsp3) is 0.111. The van der Waals surface area contributed by atoms with Gasteiger partial charge in [0.05, 0.1) is 6.04 Å². The van der Waals surface area contributed by atoms with Gasteiger partial charge in [-0.2, -0.15) is 0 Å². The monoisotopic (exact) mass is 295 g/mol. The Morgan fingerprint density at radius 1 is 0.955 bits per heavy atom. The third-order valence-electron chi connectivity index (χ3n) is 3.18. The second-order valence-electron chi connectivity index (χ2n) is 4.83. The van der Waals surface area contributed by atoms with Gasteiger partial charge >= 0.3 is 5.97 Å². The Kier molecular flexibility index (Phi) is 5.49. The van der Waals surface area contributed by atoms with Gasteiger partial charge in [0.25, 0.3) is 0 Å². The number of aliphatic carboxylic acids is 1. The summed E-state index contributed by atoms with van der Waals surface area (Å²) >= 11 is 0. The van der Waals surface area contributed by atoms with Crippen molar-refractivity contribution in [1.82, 2.24) is 5.32 Å². The maximum absolute atomic E-state index is 11.9. The molecule has 0 radical (unpaired) electrons. The van der Waals surface area contributed by atoms with Gasteiger partial charge in [0.2, 0.25) is 5.91 Å². The molecule has 0 saturated carbocycles. The lowest BCUT2D eigenvalue weighted by Crippen LogP contribution is -2.28. The highest BCUT2D eigenvalue weighted by molar-refractivity contribution is 5.94. The highest BCUT2D eigenvalue weighted by Crippen LogP contribution is 2.18. The molecule has 4 heteroatoms. The van der Waals surface area contributed by atoms with Crippen LogP contribution >= 0.6 is 0 Å².